The molecule has 2 aliphatic carbocycles. The minimum Gasteiger partial charge on any atom is -0.507 e. The van der Waals surface area contributed by atoms with Gasteiger partial charge < -0.3 is 5.11 Å². The van der Waals surface area contributed by atoms with Crippen LogP contribution >= 0.6 is 15.9 Å². The summed E-state index contributed by atoms with van der Waals surface area (Å²) in [4.78, 5) is 15.3. The summed E-state index contributed by atoms with van der Waals surface area (Å²) in [6.45, 7) is 7.51. The van der Waals surface area contributed by atoms with Gasteiger partial charge in [0.2, 0.25) is 0 Å². The van der Waals surface area contributed by atoms with Crippen molar-refractivity contribution < 1.29 is 9.90 Å². The highest BCUT2D eigenvalue weighted by Gasteiger charge is 2.48. The third-order valence-electron chi connectivity index (χ3n) is 5.63. The summed E-state index contributed by atoms with van der Waals surface area (Å²) < 4.78 is 0.665. The number of carbonyl (C=O) groups is 1. The van der Waals surface area contributed by atoms with Crippen LogP contribution < -0.4 is 0 Å². The zero-order valence-electron chi connectivity index (χ0n) is 13.7. The van der Waals surface area contributed by atoms with Crippen LogP contribution in [0.5, 0.6) is 5.75 Å². The molecule has 0 radical (unpaired) electrons. The molecule has 1 unspecified atom stereocenters. The molecule has 1 saturated carbocycles. The predicted octanol–water partition coefficient (Wildman–Crippen LogP) is 3.98. The van der Waals surface area contributed by atoms with Crippen molar-refractivity contribution in [3.63, 3.8) is 0 Å². The van der Waals surface area contributed by atoms with Crippen molar-refractivity contribution in [3.05, 3.63) is 27.7 Å². The summed E-state index contributed by atoms with van der Waals surface area (Å²) in [7, 11) is 2.08. The zero-order valence-corrected chi connectivity index (χ0v) is 15.3. The number of likely N-dealkylation sites (N-methyl/N-ethyl adjacent to an activating group) is 1. The molecule has 3 nitrogen and oxygen atoms in total. The van der Waals surface area contributed by atoms with Crippen LogP contribution in [-0.2, 0) is 5.41 Å². The number of rotatable bonds is 3. The maximum absolute atomic E-state index is 13.1. The van der Waals surface area contributed by atoms with E-state index < -0.39 is 0 Å². The van der Waals surface area contributed by atoms with Crippen LogP contribution in [0.3, 0.4) is 0 Å². The number of benzene rings is 1. The van der Waals surface area contributed by atoms with Crippen LogP contribution in [0.4, 0.5) is 0 Å². The molecule has 2 aliphatic rings. The lowest BCUT2D eigenvalue weighted by molar-refractivity contribution is 0.0648. The van der Waals surface area contributed by atoms with Crippen LogP contribution in [0.2, 0.25) is 0 Å². The lowest BCUT2D eigenvalue weighted by Gasteiger charge is -2.46. The van der Waals surface area contributed by atoms with Gasteiger partial charge in [-0.2, -0.15) is 0 Å². The SMILES string of the molecule is C[C@H]1C(N(C)CC2CC2)C(=O)c2ccc(O)c(Br)c2C1(C)C. The molecule has 1 aromatic carbocycles. The molecule has 0 bridgehead atoms. The van der Waals surface area contributed by atoms with Gasteiger partial charge >= 0.3 is 0 Å². The summed E-state index contributed by atoms with van der Waals surface area (Å²) in [6.07, 6.45) is 2.58. The monoisotopic (exact) mass is 365 g/mol. The number of hydrogen-bond donors (Lipinski definition) is 1. The van der Waals surface area contributed by atoms with E-state index in [1.54, 1.807) is 12.1 Å². The van der Waals surface area contributed by atoms with Crippen molar-refractivity contribution in [1.82, 2.24) is 4.90 Å². The Hall–Kier alpha value is -0.870. The molecule has 0 aromatic heterocycles. The second-order valence-corrected chi connectivity index (χ2v) is 8.32. The Bertz CT molecular complexity index is 622. The molecule has 2 atom stereocenters. The number of hydrogen-bond acceptors (Lipinski definition) is 3. The molecule has 0 heterocycles. The third kappa shape index (κ3) is 2.41. The lowest BCUT2D eigenvalue weighted by atomic mass is 9.63. The van der Waals surface area contributed by atoms with E-state index >= 15 is 0 Å². The standard InChI is InChI=1S/C18H24BrNO2/c1-10-16(20(4)9-11-5-6-11)17(22)12-7-8-13(21)15(19)14(12)18(10,2)3/h7-8,10-11,16,21H,5-6,9H2,1-4H3/t10-,16?/m0/s1. The van der Waals surface area contributed by atoms with E-state index in [0.29, 0.717) is 4.47 Å². The zero-order chi connectivity index (χ0) is 16.2. The third-order valence-corrected chi connectivity index (χ3v) is 6.43. The van der Waals surface area contributed by atoms with Gasteiger partial charge in [0.1, 0.15) is 5.75 Å². The Morgan fingerprint density at radius 3 is 2.59 bits per heavy atom. The maximum atomic E-state index is 13.1. The lowest BCUT2D eigenvalue weighted by Crippen LogP contribution is -2.54. The number of aromatic hydroxyl groups is 1. The van der Waals surface area contributed by atoms with Gasteiger partial charge in [-0.05, 0) is 70.8 Å². The summed E-state index contributed by atoms with van der Waals surface area (Å²) in [5.74, 6) is 1.35. The van der Waals surface area contributed by atoms with Gasteiger partial charge in [-0.15, -0.1) is 0 Å². The van der Waals surface area contributed by atoms with Crippen molar-refractivity contribution in [3.8, 4) is 5.75 Å². The van der Waals surface area contributed by atoms with E-state index in [1.807, 2.05) is 0 Å². The highest BCUT2D eigenvalue weighted by Crippen LogP contribution is 2.48. The fraction of sp³-hybridized carbons (Fsp3) is 0.611. The van der Waals surface area contributed by atoms with Crippen molar-refractivity contribution >= 4 is 21.7 Å². The van der Waals surface area contributed by atoms with Crippen molar-refractivity contribution in [2.75, 3.05) is 13.6 Å². The van der Waals surface area contributed by atoms with Crippen molar-refractivity contribution in [2.24, 2.45) is 11.8 Å². The summed E-state index contributed by atoms with van der Waals surface area (Å²) >= 11 is 3.49. The van der Waals surface area contributed by atoms with Crippen LogP contribution in [0, 0.1) is 11.8 Å². The average molecular weight is 366 g/mol. The Balaban J connectivity index is 2.06. The molecule has 1 fully saturated rings. The molecule has 1 aromatic rings. The smallest absolute Gasteiger partial charge is 0.180 e. The number of nitrogens with zero attached hydrogens (tertiary/aromatic N) is 1. The molecule has 1 N–H and O–H groups in total. The van der Waals surface area contributed by atoms with Crippen molar-refractivity contribution in [2.45, 2.75) is 45.1 Å². The summed E-state index contributed by atoms with van der Waals surface area (Å²) in [6, 6.07) is 3.31. The van der Waals surface area contributed by atoms with E-state index in [1.165, 1.54) is 12.8 Å². The molecule has 3 rings (SSSR count). The Morgan fingerprint density at radius 2 is 2.00 bits per heavy atom. The number of phenolic OH excluding ortho intramolecular Hbond substituents is 1. The summed E-state index contributed by atoms with van der Waals surface area (Å²) in [5.41, 5.74) is 1.52. The minimum atomic E-state index is -0.177. The maximum Gasteiger partial charge on any atom is 0.180 e. The first-order valence-electron chi connectivity index (χ1n) is 8.01. The fourth-order valence-corrected chi connectivity index (χ4v) is 4.67. The number of fused-ring (bicyclic) bond motifs is 1. The molecule has 0 saturated heterocycles. The fourth-order valence-electron chi connectivity index (χ4n) is 3.81. The van der Waals surface area contributed by atoms with Gasteiger partial charge in [0.15, 0.2) is 5.78 Å². The number of carbonyl (C=O) groups excluding carboxylic acids is 1. The van der Waals surface area contributed by atoms with Gasteiger partial charge in [-0.1, -0.05) is 20.8 Å². The van der Waals surface area contributed by atoms with E-state index in [0.717, 1.165) is 23.6 Å². The van der Waals surface area contributed by atoms with E-state index in [-0.39, 0.29) is 28.9 Å². The van der Waals surface area contributed by atoms with Gasteiger partial charge in [-0.25, -0.2) is 0 Å². The molecule has 0 aliphatic heterocycles. The molecule has 22 heavy (non-hydrogen) atoms. The Morgan fingerprint density at radius 1 is 1.36 bits per heavy atom. The second-order valence-electron chi connectivity index (χ2n) is 7.52. The highest BCUT2D eigenvalue weighted by atomic mass is 79.9. The van der Waals surface area contributed by atoms with E-state index in [4.69, 9.17) is 0 Å². The molecule has 0 amide bonds. The first-order chi connectivity index (χ1) is 10.2. The van der Waals surface area contributed by atoms with Crippen LogP contribution in [0.25, 0.3) is 0 Å². The molecule has 4 heteroatoms. The van der Waals surface area contributed by atoms with E-state index in [9.17, 15) is 9.90 Å². The number of Topliss-reactive ketones (excluding diaryl/α,β-unsaturated/α-hetero) is 1. The largest absolute Gasteiger partial charge is 0.507 e. The number of halogens is 1. The molecular formula is C18H24BrNO2. The Kier molecular flexibility index (Phi) is 3.89. The minimum absolute atomic E-state index is 0.0838. The Labute approximate surface area is 140 Å². The van der Waals surface area contributed by atoms with Crippen LogP contribution in [-0.4, -0.2) is 35.4 Å². The van der Waals surface area contributed by atoms with Crippen molar-refractivity contribution in [1.29, 1.82) is 0 Å². The van der Waals surface area contributed by atoms with Crippen LogP contribution in [0.15, 0.2) is 16.6 Å². The predicted molar refractivity (Wildman–Crippen MR) is 91.5 cm³/mol. The van der Waals surface area contributed by atoms with Gasteiger partial charge in [-0.3, -0.25) is 9.69 Å². The highest BCUT2D eigenvalue weighted by molar-refractivity contribution is 9.10. The van der Waals surface area contributed by atoms with E-state index in [2.05, 4.69) is 48.6 Å². The number of phenols is 1. The first kappa shape index (κ1) is 16.0. The number of ketones is 1. The van der Waals surface area contributed by atoms with Gasteiger partial charge in [0.05, 0.1) is 10.5 Å². The molecule has 120 valence electrons. The molecular weight excluding hydrogens is 342 g/mol. The normalized spacial score (nSPS) is 27.1. The van der Waals surface area contributed by atoms with Gasteiger partial charge in [0, 0.05) is 12.1 Å². The molecule has 0 spiro atoms. The summed E-state index contributed by atoms with van der Waals surface area (Å²) in [5, 5.41) is 10.0. The van der Waals surface area contributed by atoms with Crippen LogP contribution in [0.1, 0.15) is 49.5 Å². The topological polar surface area (TPSA) is 40.5 Å². The average Bonchev–Trinajstić information content (AvgIpc) is 3.23. The van der Waals surface area contributed by atoms with Gasteiger partial charge in [0.25, 0.3) is 0 Å². The first-order valence-corrected chi connectivity index (χ1v) is 8.80. The second kappa shape index (κ2) is 5.34. The quantitative estimate of drug-likeness (QED) is 0.880.